The van der Waals surface area contributed by atoms with Gasteiger partial charge in [-0.25, -0.2) is 0 Å². The average molecular weight is 292 g/mol. The number of carbonyl (C=O) groups is 1. The molecule has 0 aliphatic heterocycles. The molecule has 0 aromatic rings. The normalized spacial score (nSPS) is 34.2. The lowest BCUT2D eigenvalue weighted by Crippen LogP contribution is -2.36. The molecule has 0 heterocycles. The fourth-order valence-electron chi connectivity index (χ4n) is 5.14. The minimum atomic E-state index is 0.141. The van der Waals surface area contributed by atoms with Gasteiger partial charge in [-0.15, -0.1) is 0 Å². The van der Waals surface area contributed by atoms with Crippen molar-refractivity contribution in [2.24, 2.45) is 23.7 Å². The van der Waals surface area contributed by atoms with Crippen LogP contribution in [0.25, 0.3) is 0 Å². The highest BCUT2D eigenvalue weighted by Crippen LogP contribution is 2.44. The van der Waals surface area contributed by atoms with E-state index in [1.807, 2.05) is 0 Å². The summed E-state index contributed by atoms with van der Waals surface area (Å²) in [5.74, 6) is 2.66. The number of ether oxygens (including phenoxy) is 1. The van der Waals surface area contributed by atoms with Gasteiger partial charge >= 0.3 is 5.97 Å². The van der Waals surface area contributed by atoms with E-state index in [4.69, 9.17) is 4.74 Å². The summed E-state index contributed by atoms with van der Waals surface area (Å²) in [6.45, 7) is 0.678. The molecule has 0 bridgehead atoms. The van der Waals surface area contributed by atoms with E-state index >= 15 is 0 Å². The first-order valence-corrected chi connectivity index (χ1v) is 9.51. The zero-order valence-electron chi connectivity index (χ0n) is 13.5. The second kappa shape index (κ2) is 7.65. The van der Waals surface area contributed by atoms with E-state index in [1.54, 1.807) is 0 Å². The van der Waals surface area contributed by atoms with E-state index in [1.165, 1.54) is 70.6 Å². The van der Waals surface area contributed by atoms with Crippen LogP contribution in [0, 0.1) is 23.7 Å². The van der Waals surface area contributed by atoms with Crippen molar-refractivity contribution in [3.8, 4) is 0 Å². The lowest BCUT2D eigenvalue weighted by molar-refractivity contribution is -0.154. The largest absolute Gasteiger partial charge is 0.465 e. The molecule has 2 nitrogen and oxygen atoms in total. The Balaban J connectivity index is 1.43. The monoisotopic (exact) mass is 292 g/mol. The highest BCUT2D eigenvalue weighted by molar-refractivity contribution is 5.73. The van der Waals surface area contributed by atoms with Crippen molar-refractivity contribution in [2.75, 3.05) is 6.61 Å². The zero-order valence-corrected chi connectivity index (χ0v) is 13.5. The first-order valence-electron chi connectivity index (χ1n) is 9.51. The summed E-state index contributed by atoms with van der Waals surface area (Å²) in [6, 6.07) is 0. The number of fused-ring (bicyclic) bond motifs is 1. The molecule has 0 aromatic carbocycles. The molecule has 0 saturated heterocycles. The van der Waals surface area contributed by atoms with Gasteiger partial charge in [-0.3, -0.25) is 4.79 Å². The maximum atomic E-state index is 12.5. The van der Waals surface area contributed by atoms with Crippen LogP contribution in [0.2, 0.25) is 0 Å². The minimum Gasteiger partial charge on any atom is -0.465 e. The molecule has 3 rings (SSSR count). The van der Waals surface area contributed by atoms with Crippen LogP contribution in [-0.4, -0.2) is 12.6 Å². The Kier molecular flexibility index (Phi) is 5.60. The van der Waals surface area contributed by atoms with Crippen LogP contribution in [-0.2, 0) is 9.53 Å². The Morgan fingerprint density at radius 2 is 1.52 bits per heavy atom. The van der Waals surface area contributed by atoms with Crippen molar-refractivity contribution in [1.29, 1.82) is 0 Å². The molecule has 2 heteroatoms. The summed E-state index contributed by atoms with van der Waals surface area (Å²) < 4.78 is 5.69. The summed E-state index contributed by atoms with van der Waals surface area (Å²) in [5, 5.41) is 0. The third-order valence-corrected chi connectivity index (χ3v) is 6.37. The molecule has 3 aliphatic carbocycles. The van der Waals surface area contributed by atoms with Crippen LogP contribution >= 0.6 is 0 Å². The van der Waals surface area contributed by atoms with E-state index in [0.29, 0.717) is 12.5 Å². The maximum absolute atomic E-state index is 12.5. The highest BCUT2D eigenvalue weighted by atomic mass is 16.5. The van der Waals surface area contributed by atoms with E-state index in [2.05, 4.69) is 0 Å². The molecular weight excluding hydrogens is 260 g/mol. The Morgan fingerprint density at radius 3 is 2.38 bits per heavy atom. The highest BCUT2D eigenvalue weighted by Gasteiger charge is 2.39. The molecule has 3 aliphatic rings. The zero-order chi connectivity index (χ0) is 14.5. The molecule has 0 radical (unpaired) electrons. The predicted octanol–water partition coefficient (Wildman–Crippen LogP) is 5.11. The maximum Gasteiger partial charge on any atom is 0.309 e. The predicted molar refractivity (Wildman–Crippen MR) is 84.9 cm³/mol. The summed E-state index contributed by atoms with van der Waals surface area (Å²) in [7, 11) is 0. The van der Waals surface area contributed by atoms with Crippen LogP contribution in [0.4, 0.5) is 0 Å². The molecule has 3 unspecified atom stereocenters. The van der Waals surface area contributed by atoms with Crippen LogP contribution in [0.15, 0.2) is 0 Å². The number of hydrogen-bond donors (Lipinski definition) is 0. The van der Waals surface area contributed by atoms with Gasteiger partial charge in [0, 0.05) is 0 Å². The number of hydrogen-bond acceptors (Lipinski definition) is 2. The number of esters is 1. The summed E-state index contributed by atoms with van der Waals surface area (Å²) in [5.41, 5.74) is 0. The molecule has 120 valence electrons. The Bertz CT molecular complexity index is 330. The second-order valence-electron chi connectivity index (χ2n) is 7.71. The van der Waals surface area contributed by atoms with E-state index in [-0.39, 0.29) is 11.9 Å². The van der Waals surface area contributed by atoms with Crippen molar-refractivity contribution in [2.45, 2.75) is 83.5 Å². The van der Waals surface area contributed by atoms with E-state index < -0.39 is 0 Å². The number of rotatable bonds is 4. The lowest BCUT2D eigenvalue weighted by Gasteiger charge is -2.40. The Labute approximate surface area is 130 Å². The Hall–Kier alpha value is -0.530. The first-order chi connectivity index (χ1) is 10.3. The van der Waals surface area contributed by atoms with Crippen molar-refractivity contribution in [3.05, 3.63) is 0 Å². The van der Waals surface area contributed by atoms with Gasteiger partial charge in [0.1, 0.15) is 0 Å². The molecule has 0 N–H and O–H groups in total. The molecule has 3 fully saturated rings. The smallest absolute Gasteiger partial charge is 0.309 e. The minimum absolute atomic E-state index is 0.141. The van der Waals surface area contributed by atoms with Gasteiger partial charge in [0.2, 0.25) is 0 Å². The quantitative estimate of drug-likeness (QED) is 0.673. The van der Waals surface area contributed by atoms with Gasteiger partial charge in [0.05, 0.1) is 12.5 Å². The topological polar surface area (TPSA) is 26.3 Å². The molecule has 3 atom stereocenters. The van der Waals surface area contributed by atoms with E-state index in [9.17, 15) is 4.79 Å². The second-order valence-corrected chi connectivity index (χ2v) is 7.71. The first kappa shape index (κ1) is 15.4. The summed E-state index contributed by atoms with van der Waals surface area (Å²) in [6.07, 6.45) is 17.0. The van der Waals surface area contributed by atoms with Gasteiger partial charge in [0.15, 0.2) is 0 Å². The van der Waals surface area contributed by atoms with Crippen molar-refractivity contribution < 1.29 is 9.53 Å². The molecular formula is C19H32O2. The van der Waals surface area contributed by atoms with Crippen LogP contribution in [0.3, 0.4) is 0 Å². The van der Waals surface area contributed by atoms with Gasteiger partial charge in [0.25, 0.3) is 0 Å². The van der Waals surface area contributed by atoms with Crippen molar-refractivity contribution >= 4 is 5.97 Å². The number of carbonyl (C=O) groups excluding carboxylic acids is 1. The summed E-state index contributed by atoms with van der Waals surface area (Å²) in [4.78, 5) is 12.5. The van der Waals surface area contributed by atoms with Gasteiger partial charge < -0.3 is 4.74 Å². The van der Waals surface area contributed by atoms with Crippen LogP contribution in [0.5, 0.6) is 0 Å². The third-order valence-electron chi connectivity index (χ3n) is 6.37. The molecule has 3 saturated carbocycles. The van der Waals surface area contributed by atoms with Crippen molar-refractivity contribution in [1.82, 2.24) is 0 Å². The average Bonchev–Trinajstić information content (AvgIpc) is 2.55. The van der Waals surface area contributed by atoms with Crippen molar-refractivity contribution in [3.63, 3.8) is 0 Å². The third kappa shape index (κ3) is 4.02. The van der Waals surface area contributed by atoms with Crippen LogP contribution < -0.4 is 0 Å². The van der Waals surface area contributed by atoms with Gasteiger partial charge in [-0.2, -0.15) is 0 Å². The molecule has 0 aromatic heterocycles. The fourth-order valence-corrected chi connectivity index (χ4v) is 5.14. The fraction of sp³-hybridized carbons (Fsp3) is 0.947. The lowest BCUT2D eigenvalue weighted by atomic mass is 9.65. The van der Waals surface area contributed by atoms with Crippen LogP contribution in [0.1, 0.15) is 83.5 Å². The Morgan fingerprint density at radius 1 is 0.810 bits per heavy atom. The standard InChI is InChI=1S/C19H32O2/c20-19(21-14-13-15-7-2-1-3-8-15)18-12-6-10-16-9-4-5-11-17(16)18/h15-18H,1-14H2. The molecule has 0 amide bonds. The van der Waals surface area contributed by atoms with E-state index in [0.717, 1.165) is 24.7 Å². The SMILES string of the molecule is O=C(OCCC1CCCCC1)C1CCCC2CCCCC21. The van der Waals surface area contributed by atoms with Gasteiger partial charge in [-0.05, 0) is 37.0 Å². The summed E-state index contributed by atoms with van der Waals surface area (Å²) >= 11 is 0. The molecule has 0 spiro atoms. The molecule has 21 heavy (non-hydrogen) atoms. The van der Waals surface area contributed by atoms with Gasteiger partial charge in [-0.1, -0.05) is 64.2 Å².